The van der Waals surface area contributed by atoms with Crippen LogP contribution in [-0.4, -0.2) is 15.4 Å². The molecule has 2 rings (SSSR count). The maximum atomic E-state index is 6.08. The van der Waals surface area contributed by atoms with Crippen LogP contribution in [0.4, 0.5) is 0 Å². The second kappa shape index (κ2) is 6.97. The van der Waals surface area contributed by atoms with E-state index in [1.165, 1.54) is 5.56 Å². The highest BCUT2D eigenvalue weighted by Crippen LogP contribution is 2.18. The average Bonchev–Trinajstić information content (AvgIpc) is 2.82. The van der Waals surface area contributed by atoms with Gasteiger partial charge in [-0.15, -0.1) is 11.6 Å². The Bertz CT molecular complexity index is 505. The van der Waals surface area contributed by atoms with Crippen molar-refractivity contribution in [2.24, 2.45) is 13.0 Å². The predicted octanol–water partition coefficient (Wildman–Crippen LogP) is 4.10. The molecule has 102 valence electrons. The zero-order valence-corrected chi connectivity index (χ0v) is 12.5. The Morgan fingerprint density at radius 3 is 2.58 bits per heavy atom. The summed E-state index contributed by atoms with van der Waals surface area (Å²) < 4.78 is 2.06. The minimum Gasteiger partial charge on any atom is -0.338 e. The Labute approximate surface area is 124 Å². The lowest BCUT2D eigenvalue weighted by Crippen LogP contribution is -2.09. The molecule has 0 saturated heterocycles. The number of halogens is 2. The lowest BCUT2D eigenvalue weighted by Gasteiger charge is -2.13. The van der Waals surface area contributed by atoms with Crippen LogP contribution in [0.2, 0.25) is 5.02 Å². The van der Waals surface area contributed by atoms with E-state index in [4.69, 9.17) is 23.2 Å². The zero-order valence-electron chi connectivity index (χ0n) is 11.0. The summed E-state index contributed by atoms with van der Waals surface area (Å²) in [6.07, 6.45) is 6.82. The first-order valence-electron chi connectivity index (χ1n) is 6.45. The first kappa shape index (κ1) is 14.4. The molecule has 4 heteroatoms. The van der Waals surface area contributed by atoms with Gasteiger partial charge in [0.1, 0.15) is 5.82 Å². The van der Waals surface area contributed by atoms with Crippen molar-refractivity contribution in [2.45, 2.75) is 19.3 Å². The van der Waals surface area contributed by atoms with Crippen LogP contribution < -0.4 is 0 Å². The molecule has 0 fully saturated rings. The highest BCUT2D eigenvalue weighted by Gasteiger charge is 2.10. The molecule has 1 heterocycles. The molecule has 1 unspecified atom stereocenters. The molecular formula is C15H18Cl2N2. The molecule has 0 saturated carbocycles. The number of imidazole rings is 1. The normalized spacial score (nSPS) is 12.6. The van der Waals surface area contributed by atoms with E-state index >= 15 is 0 Å². The van der Waals surface area contributed by atoms with E-state index in [0.717, 1.165) is 30.1 Å². The first-order valence-corrected chi connectivity index (χ1v) is 7.37. The van der Waals surface area contributed by atoms with Crippen molar-refractivity contribution in [1.29, 1.82) is 0 Å². The number of nitrogens with zero attached hydrogens (tertiary/aromatic N) is 2. The average molecular weight is 297 g/mol. The number of alkyl halides is 1. The van der Waals surface area contributed by atoms with Gasteiger partial charge < -0.3 is 4.57 Å². The van der Waals surface area contributed by atoms with Crippen LogP contribution in [0.15, 0.2) is 36.7 Å². The van der Waals surface area contributed by atoms with Gasteiger partial charge in [0.15, 0.2) is 0 Å². The second-order valence-electron chi connectivity index (χ2n) is 4.84. The second-order valence-corrected chi connectivity index (χ2v) is 5.59. The third-order valence-corrected chi connectivity index (χ3v) is 4.04. The molecule has 1 atom stereocenters. The van der Waals surface area contributed by atoms with Gasteiger partial charge in [-0.05, 0) is 36.5 Å². The molecule has 0 aliphatic carbocycles. The summed E-state index contributed by atoms with van der Waals surface area (Å²) in [4.78, 5) is 4.34. The third-order valence-electron chi connectivity index (χ3n) is 3.35. The van der Waals surface area contributed by atoms with Gasteiger partial charge in [0, 0.05) is 36.8 Å². The molecule has 1 aromatic carbocycles. The van der Waals surface area contributed by atoms with Gasteiger partial charge in [-0.3, -0.25) is 0 Å². The highest BCUT2D eigenvalue weighted by atomic mass is 35.5. The zero-order chi connectivity index (χ0) is 13.7. The number of aromatic nitrogens is 2. The van der Waals surface area contributed by atoms with Gasteiger partial charge in [0.25, 0.3) is 0 Å². The Morgan fingerprint density at radius 2 is 2.00 bits per heavy atom. The molecule has 0 amide bonds. The fourth-order valence-electron chi connectivity index (χ4n) is 2.16. The van der Waals surface area contributed by atoms with E-state index < -0.39 is 0 Å². The van der Waals surface area contributed by atoms with Crippen LogP contribution in [0.3, 0.4) is 0 Å². The topological polar surface area (TPSA) is 17.8 Å². The Balaban J connectivity index is 1.90. The van der Waals surface area contributed by atoms with Crippen molar-refractivity contribution in [3.05, 3.63) is 53.1 Å². The molecule has 2 aromatic rings. The van der Waals surface area contributed by atoms with Crippen LogP contribution in [0.25, 0.3) is 0 Å². The third kappa shape index (κ3) is 4.26. The standard InChI is InChI=1S/C15H18Cl2N2/c1-19-9-8-18-15(19)7-4-13(11-16)10-12-2-5-14(17)6-3-12/h2-3,5-6,8-9,13H,4,7,10-11H2,1H3. The molecule has 19 heavy (non-hydrogen) atoms. The van der Waals surface area contributed by atoms with Crippen molar-refractivity contribution in [2.75, 3.05) is 5.88 Å². The van der Waals surface area contributed by atoms with Gasteiger partial charge in [-0.25, -0.2) is 4.98 Å². The SMILES string of the molecule is Cn1ccnc1CCC(CCl)Cc1ccc(Cl)cc1. The summed E-state index contributed by atoms with van der Waals surface area (Å²) >= 11 is 12.0. The lowest BCUT2D eigenvalue weighted by atomic mass is 9.96. The van der Waals surface area contributed by atoms with Crippen molar-refractivity contribution in [3.8, 4) is 0 Å². The molecule has 0 spiro atoms. The molecule has 0 N–H and O–H groups in total. The van der Waals surface area contributed by atoms with E-state index in [1.807, 2.05) is 31.6 Å². The summed E-state index contributed by atoms with van der Waals surface area (Å²) in [6, 6.07) is 8.01. The minimum absolute atomic E-state index is 0.472. The van der Waals surface area contributed by atoms with E-state index in [2.05, 4.69) is 21.7 Å². The van der Waals surface area contributed by atoms with Crippen molar-refractivity contribution >= 4 is 23.2 Å². The fraction of sp³-hybridized carbons (Fsp3) is 0.400. The molecular weight excluding hydrogens is 279 g/mol. The van der Waals surface area contributed by atoms with Gasteiger partial charge in [-0.2, -0.15) is 0 Å². The summed E-state index contributed by atoms with van der Waals surface area (Å²) in [5.74, 6) is 2.26. The van der Waals surface area contributed by atoms with Gasteiger partial charge in [0.2, 0.25) is 0 Å². The molecule has 2 nitrogen and oxygen atoms in total. The van der Waals surface area contributed by atoms with Crippen LogP contribution in [0.1, 0.15) is 17.8 Å². The van der Waals surface area contributed by atoms with Crippen LogP contribution >= 0.6 is 23.2 Å². The predicted molar refractivity (Wildman–Crippen MR) is 80.9 cm³/mol. The Morgan fingerprint density at radius 1 is 1.26 bits per heavy atom. The number of aryl methyl sites for hydroxylation is 2. The maximum Gasteiger partial charge on any atom is 0.108 e. The summed E-state index contributed by atoms with van der Waals surface area (Å²) in [6.45, 7) is 0. The molecule has 1 aromatic heterocycles. The quantitative estimate of drug-likeness (QED) is 0.734. The van der Waals surface area contributed by atoms with Crippen LogP contribution in [0.5, 0.6) is 0 Å². The van der Waals surface area contributed by atoms with E-state index in [0.29, 0.717) is 11.8 Å². The highest BCUT2D eigenvalue weighted by molar-refractivity contribution is 6.30. The largest absolute Gasteiger partial charge is 0.338 e. The smallest absolute Gasteiger partial charge is 0.108 e. The Hall–Kier alpha value is -0.990. The summed E-state index contributed by atoms with van der Waals surface area (Å²) in [5.41, 5.74) is 1.29. The molecule has 0 aliphatic heterocycles. The first-order chi connectivity index (χ1) is 9.19. The van der Waals surface area contributed by atoms with Crippen LogP contribution in [-0.2, 0) is 19.9 Å². The van der Waals surface area contributed by atoms with Crippen molar-refractivity contribution in [3.63, 3.8) is 0 Å². The van der Waals surface area contributed by atoms with Crippen molar-refractivity contribution < 1.29 is 0 Å². The van der Waals surface area contributed by atoms with Gasteiger partial charge >= 0.3 is 0 Å². The van der Waals surface area contributed by atoms with E-state index in [9.17, 15) is 0 Å². The monoisotopic (exact) mass is 296 g/mol. The minimum atomic E-state index is 0.472. The van der Waals surface area contributed by atoms with Gasteiger partial charge in [-0.1, -0.05) is 23.7 Å². The van der Waals surface area contributed by atoms with E-state index in [1.54, 1.807) is 0 Å². The number of rotatable bonds is 6. The molecule has 0 aliphatic rings. The summed E-state index contributed by atoms with van der Waals surface area (Å²) in [7, 11) is 2.03. The number of benzene rings is 1. The Kier molecular flexibility index (Phi) is 5.29. The number of hydrogen-bond acceptors (Lipinski definition) is 1. The molecule has 0 radical (unpaired) electrons. The summed E-state index contributed by atoms with van der Waals surface area (Å²) in [5, 5.41) is 0.777. The molecule has 0 bridgehead atoms. The van der Waals surface area contributed by atoms with Crippen LogP contribution in [0, 0.1) is 5.92 Å². The van der Waals surface area contributed by atoms with Crippen molar-refractivity contribution in [1.82, 2.24) is 9.55 Å². The lowest BCUT2D eigenvalue weighted by molar-refractivity contribution is 0.523. The fourth-order valence-corrected chi connectivity index (χ4v) is 2.55. The number of hydrogen-bond donors (Lipinski definition) is 0. The van der Waals surface area contributed by atoms with E-state index in [-0.39, 0.29) is 0 Å². The van der Waals surface area contributed by atoms with Gasteiger partial charge in [0.05, 0.1) is 0 Å². The maximum absolute atomic E-state index is 6.08.